The molecule has 2 heterocycles. The van der Waals surface area contributed by atoms with Gasteiger partial charge in [-0.2, -0.15) is 0 Å². The lowest BCUT2D eigenvalue weighted by Gasteiger charge is -2.32. The van der Waals surface area contributed by atoms with Crippen LogP contribution in [0.3, 0.4) is 0 Å². The first-order valence-electron chi connectivity index (χ1n) is 6.98. The third-order valence-electron chi connectivity index (χ3n) is 4.03. The average molecular weight is 277 g/mol. The van der Waals surface area contributed by atoms with E-state index < -0.39 is 5.60 Å². The van der Waals surface area contributed by atoms with Gasteiger partial charge in [0.25, 0.3) is 0 Å². The molecule has 2 N–H and O–H groups in total. The fraction of sp³-hybridized carbons (Fsp3) is 0.533. The van der Waals surface area contributed by atoms with Gasteiger partial charge in [-0.1, -0.05) is 18.2 Å². The lowest BCUT2D eigenvalue weighted by Crippen LogP contribution is -2.47. The van der Waals surface area contributed by atoms with Crippen LogP contribution >= 0.6 is 0 Å². The average Bonchev–Trinajstić information content (AvgIpc) is 2.90. The minimum absolute atomic E-state index is 0.0881. The molecule has 2 aliphatic heterocycles. The smallest absolute Gasteiger partial charge is 0.231 e. The van der Waals surface area contributed by atoms with E-state index in [0.29, 0.717) is 32.7 Å². The van der Waals surface area contributed by atoms with Crippen LogP contribution in [-0.4, -0.2) is 43.0 Å². The second-order valence-corrected chi connectivity index (χ2v) is 5.46. The highest BCUT2D eigenvalue weighted by Crippen LogP contribution is 2.33. The second-order valence-electron chi connectivity index (χ2n) is 5.46. The number of carbonyl (C=O) groups is 1. The molecule has 1 atom stereocenters. The summed E-state index contributed by atoms with van der Waals surface area (Å²) in [7, 11) is 0. The quantitative estimate of drug-likeness (QED) is 0.858. The monoisotopic (exact) mass is 277 g/mol. The highest BCUT2D eigenvalue weighted by molar-refractivity contribution is 5.85. The minimum Gasteiger partial charge on any atom is -0.492 e. The number of ether oxygens (including phenoxy) is 2. The van der Waals surface area contributed by atoms with Crippen molar-refractivity contribution in [2.45, 2.75) is 24.4 Å². The molecule has 0 spiro atoms. The van der Waals surface area contributed by atoms with Gasteiger partial charge in [-0.3, -0.25) is 4.79 Å². The third kappa shape index (κ3) is 2.64. The molecule has 0 radical (unpaired) electrons. The predicted octanol–water partition coefficient (Wildman–Crippen LogP) is 0.820. The normalized spacial score (nSPS) is 23.8. The number of amides is 1. The summed E-state index contributed by atoms with van der Waals surface area (Å²) in [6.45, 7) is 1.73. The van der Waals surface area contributed by atoms with Crippen LogP contribution < -0.4 is 10.1 Å². The van der Waals surface area contributed by atoms with Crippen molar-refractivity contribution >= 4 is 5.91 Å². The maximum absolute atomic E-state index is 12.3. The van der Waals surface area contributed by atoms with Gasteiger partial charge in [0, 0.05) is 38.2 Å². The van der Waals surface area contributed by atoms with Crippen LogP contribution in [0.25, 0.3) is 0 Å². The Labute approximate surface area is 117 Å². The van der Waals surface area contributed by atoms with Crippen molar-refractivity contribution in [2.24, 2.45) is 0 Å². The van der Waals surface area contributed by atoms with E-state index in [9.17, 15) is 9.90 Å². The molecule has 5 heteroatoms. The first-order chi connectivity index (χ1) is 9.68. The summed E-state index contributed by atoms with van der Waals surface area (Å²) >= 11 is 0. The Morgan fingerprint density at radius 3 is 2.90 bits per heavy atom. The van der Waals surface area contributed by atoms with Crippen LogP contribution in [0.5, 0.6) is 5.75 Å². The lowest BCUT2D eigenvalue weighted by atomic mass is 9.93. The zero-order valence-electron chi connectivity index (χ0n) is 11.3. The Hall–Kier alpha value is -1.59. The van der Waals surface area contributed by atoms with E-state index in [1.807, 2.05) is 24.3 Å². The molecule has 0 bridgehead atoms. The van der Waals surface area contributed by atoms with Gasteiger partial charge in [-0.25, -0.2) is 0 Å². The molecular formula is C15H19NO4. The SMILES string of the molecule is O=C(NCC1(O)CCOCC1)C1COc2ccccc21. The molecule has 0 aromatic heterocycles. The van der Waals surface area contributed by atoms with Gasteiger partial charge in [0.2, 0.25) is 5.91 Å². The zero-order valence-corrected chi connectivity index (χ0v) is 11.3. The number of para-hydroxylation sites is 1. The topological polar surface area (TPSA) is 67.8 Å². The molecule has 1 saturated heterocycles. The van der Waals surface area contributed by atoms with Crippen molar-refractivity contribution in [3.8, 4) is 5.75 Å². The fourth-order valence-electron chi connectivity index (χ4n) is 2.68. The molecule has 1 fully saturated rings. The summed E-state index contributed by atoms with van der Waals surface area (Å²) in [5.41, 5.74) is 0.0800. The van der Waals surface area contributed by atoms with Crippen LogP contribution in [0.1, 0.15) is 24.3 Å². The Morgan fingerprint density at radius 2 is 2.10 bits per heavy atom. The molecule has 2 aliphatic rings. The molecule has 1 aromatic rings. The van der Waals surface area contributed by atoms with Gasteiger partial charge >= 0.3 is 0 Å². The van der Waals surface area contributed by atoms with Crippen molar-refractivity contribution in [3.63, 3.8) is 0 Å². The molecule has 5 nitrogen and oxygen atoms in total. The molecule has 1 aromatic carbocycles. The van der Waals surface area contributed by atoms with Crippen molar-refractivity contribution in [2.75, 3.05) is 26.4 Å². The molecule has 1 amide bonds. The van der Waals surface area contributed by atoms with Crippen LogP contribution in [0.15, 0.2) is 24.3 Å². The molecule has 20 heavy (non-hydrogen) atoms. The summed E-state index contributed by atoms with van der Waals surface area (Å²) in [5.74, 6) is 0.405. The Balaban J connectivity index is 1.60. The number of rotatable bonds is 3. The van der Waals surface area contributed by atoms with Crippen molar-refractivity contribution in [1.82, 2.24) is 5.32 Å². The van der Waals surface area contributed by atoms with E-state index in [1.54, 1.807) is 0 Å². The molecule has 3 rings (SSSR count). The predicted molar refractivity (Wildman–Crippen MR) is 72.7 cm³/mol. The van der Waals surface area contributed by atoms with E-state index in [-0.39, 0.29) is 18.4 Å². The first-order valence-corrected chi connectivity index (χ1v) is 6.98. The van der Waals surface area contributed by atoms with Crippen LogP contribution in [0, 0.1) is 0 Å². The van der Waals surface area contributed by atoms with E-state index in [1.165, 1.54) is 0 Å². The molecule has 108 valence electrons. The van der Waals surface area contributed by atoms with Crippen LogP contribution in [-0.2, 0) is 9.53 Å². The highest BCUT2D eigenvalue weighted by atomic mass is 16.5. The van der Waals surface area contributed by atoms with Gasteiger partial charge in [0.05, 0.1) is 5.60 Å². The molecule has 0 saturated carbocycles. The van der Waals surface area contributed by atoms with Gasteiger partial charge in [0.15, 0.2) is 0 Å². The van der Waals surface area contributed by atoms with E-state index in [4.69, 9.17) is 9.47 Å². The first kappa shape index (κ1) is 13.4. The van der Waals surface area contributed by atoms with Crippen molar-refractivity contribution in [1.29, 1.82) is 0 Å². The highest BCUT2D eigenvalue weighted by Gasteiger charge is 2.34. The van der Waals surface area contributed by atoms with Gasteiger partial charge < -0.3 is 19.9 Å². The largest absolute Gasteiger partial charge is 0.492 e. The molecule has 1 unspecified atom stereocenters. The third-order valence-corrected chi connectivity index (χ3v) is 4.03. The summed E-state index contributed by atoms with van der Waals surface area (Å²) in [4.78, 5) is 12.3. The lowest BCUT2D eigenvalue weighted by molar-refractivity contribution is -0.125. The number of hydrogen-bond acceptors (Lipinski definition) is 4. The number of carbonyl (C=O) groups excluding carboxylic acids is 1. The van der Waals surface area contributed by atoms with Crippen molar-refractivity contribution < 1.29 is 19.4 Å². The Kier molecular flexibility index (Phi) is 3.63. The number of hydrogen-bond donors (Lipinski definition) is 2. The van der Waals surface area contributed by atoms with Crippen LogP contribution in [0.2, 0.25) is 0 Å². The van der Waals surface area contributed by atoms with Gasteiger partial charge in [0.1, 0.15) is 18.3 Å². The zero-order chi connectivity index (χ0) is 14.0. The van der Waals surface area contributed by atoms with Crippen LogP contribution in [0.4, 0.5) is 0 Å². The van der Waals surface area contributed by atoms with E-state index in [2.05, 4.69) is 5.32 Å². The standard InChI is InChI=1S/C15H19NO4/c17-14(16-10-15(18)5-7-19-8-6-15)12-9-20-13-4-2-1-3-11(12)13/h1-4,12,18H,5-10H2,(H,16,17). The van der Waals surface area contributed by atoms with E-state index >= 15 is 0 Å². The maximum atomic E-state index is 12.3. The second kappa shape index (κ2) is 5.42. The van der Waals surface area contributed by atoms with Gasteiger partial charge in [-0.05, 0) is 6.07 Å². The Morgan fingerprint density at radius 1 is 1.35 bits per heavy atom. The number of nitrogens with one attached hydrogen (secondary N) is 1. The van der Waals surface area contributed by atoms with Crippen molar-refractivity contribution in [3.05, 3.63) is 29.8 Å². The van der Waals surface area contributed by atoms with Gasteiger partial charge in [-0.15, -0.1) is 0 Å². The fourth-order valence-corrected chi connectivity index (χ4v) is 2.68. The molecular weight excluding hydrogens is 258 g/mol. The summed E-state index contributed by atoms with van der Waals surface area (Å²) in [6, 6.07) is 7.58. The summed E-state index contributed by atoms with van der Waals surface area (Å²) in [5, 5.41) is 13.2. The number of benzene rings is 1. The number of aliphatic hydroxyl groups is 1. The Bertz CT molecular complexity index is 496. The summed E-state index contributed by atoms with van der Waals surface area (Å²) < 4.78 is 10.7. The van der Waals surface area contributed by atoms with E-state index in [0.717, 1.165) is 11.3 Å². The number of fused-ring (bicyclic) bond motifs is 1. The molecule has 0 aliphatic carbocycles. The minimum atomic E-state index is -0.840. The summed E-state index contributed by atoms with van der Waals surface area (Å²) in [6.07, 6.45) is 1.12. The maximum Gasteiger partial charge on any atom is 0.231 e.